The van der Waals surface area contributed by atoms with Crippen LogP contribution in [-0.4, -0.2) is 28.6 Å². The fraction of sp³-hybridized carbons (Fsp3) is 0.444. The molecule has 0 atom stereocenters. The normalized spacial score (nSPS) is 15.2. The van der Waals surface area contributed by atoms with Crippen molar-refractivity contribution in [3.8, 4) is 0 Å². The highest BCUT2D eigenvalue weighted by molar-refractivity contribution is 7.98. The van der Waals surface area contributed by atoms with E-state index >= 15 is 0 Å². The Labute approximate surface area is 86.5 Å². The van der Waals surface area contributed by atoms with Gasteiger partial charge in [0.2, 0.25) is 0 Å². The Kier molecular flexibility index (Phi) is 2.67. The van der Waals surface area contributed by atoms with Crippen LogP contribution in [0.1, 0.15) is 23.2 Å². The van der Waals surface area contributed by atoms with E-state index in [0.29, 0.717) is 22.6 Å². The first kappa shape index (κ1) is 9.45. The lowest BCUT2D eigenvalue weighted by molar-refractivity contribution is 0.112. The topological polar surface area (TPSA) is 54.9 Å². The molecule has 5 heteroatoms. The molecule has 4 nitrogen and oxygen atoms in total. The van der Waals surface area contributed by atoms with Crippen molar-refractivity contribution in [3.63, 3.8) is 0 Å². The number of rotatable bonds is 4. The van der Waals surface area contributed by atoms with Crippen molar-refractivity contribution >= 4 is 23.9 Å². The fourth-order valence-corrected chi connectivity index (χ4v) is 1.44. The maximum Gasteiger partial charge on any atom is 0.189 e. The van der Waals surface area contributed by atoms with Gasteiger partial charge in [-0.25, -0.2) is 9.97 Å². The summed E-state index contributed by atoms with van der Waals surface area (Å²) in [6.07, 6.45) is 6.59. The molecule has 0 saturated heterocycles. The summed E-state index contributed by atoms with van der Waals surface area (Å²) >= 11 is 1.47. The molecule has 0 aromatic carbocycles. The van der Waals surface area contributed by atoms with Crippen molar-refractivity contribution in [2.24, 2.45) is 0 Å². The molecule has 0 aliphatic heterocycles. The second kappa shape index (κ2) is 3.96. The molecule has 1 fully saturated rings. The average molecular weight is 209 g/mol. The minimum absolute atomic E-state index is 0.498. The molecule has 1 saturated carbocycles. The molecule has 74 valence electrons. The molecule has 1 aliphatic rings. The van der Waals surface area contributed by atoms with Gasteiger partial charge in [-0.2, -0.15) is 0 Å². The Morgan fingerprint density at radius 2 is 2.43 bits per heavy atom. The Bertz CT molecular complexity index is 352. The molecule has 14 heavy (non-hydrogen) atoms. The van der Waals surface area contributed by atoms with E-state index in [1.54, 1.807) is 6.20 Å². The third kappa shape index (κ3) is 2.04. The molecule has 2 rings (SSSR count). The second-order valence-corrected chi connectivity index (χ2v) is 3.97. The first-order valence-electron chi connectivity index (χ1n) is 4.46. The number of hydrogen-bond acceptors (Lipinski definition) is 5. The number of aromatic nitrogens is 2. The first-order valence-corrected chi connectivity index (χ1v) is 5.68. The van der Waals surface area contributed by atoms with Gasteiger partial charge in [-0.15, -0.1) is 0 Å². The van der Waals surface area contributed by atoms with Crippen LogP contribution in [0.3, 0.4) is 0 Å². The van der Waals surface area contributed by atoms with Gasteiger partial charge in [-0.05, 0) is 19.1 Å². The predicted octanol–water partition coefficient (Wildman–Crippen LogP) is 1.59. The zero-order chi connectivity index (χ0) is 9.97. The number of aldehydes is 1. The molecule has 0 unspecified atom stereocenters. The van der Waals surface area contributed by atoms with Crippen LogP contribution in [0.5, 0.6) is 0 Å². The van der Waals surface area contributed by atoms with Crippen molar-refractivity contribution in [1.29, 1.82) is 0 Å². The molecule has 1 aromatic heterocycles. The minimum Gasteiger partial charge on any atom is -0.367 e. The van der Waals surface area contributed by atoms with E-state index in [-0.39, 0.29) is 0 Å². The van der Waals surface area contributed by atoms with Crippen molar-refractivity contribution in [1.82, 2.24) is 9.97 Å². The summed E-state index contributed by atoms with van der Waals surface area (Å²) in [5.74, 6) is 0.668. The number of hydrogen-bond donors (Lipinski definition) is 1. The second-order valence-electron chi connectivity index (χ2n) is 3.20. The number of carbonyl (C=O) groups excluding carboxylic acids is 1. The maximum atomic E-state index is 10.7. The lowest BCUT2D eigenvalue weighted by atomic mass is 10.3. The van der Waals surface area contributed by atoms with Crippen LogP contribution in [0, 0.1) is 0 Å². The average Bonchev–Trinajstić information content (AvgIpc) is 3.01. The number of carbonyl (C=O) groups is 1. The van der Waals surface area contributed by atoms with E-state index in [4.69, 9.17) is 0 Å². The summed E-state index contributed by atoms with van der Waals surface area (Å²) < 4.78 is 0. The Hall–Kier alpha value is -1.10. The van der Waals surface area contributed by atoms with E-state index in [0.717, 1.165) is 19.1 Å². The minimum atomic E-state index is 0.498. The predicted molar refractivity (Wildman–Crippen MR) is 55.8 cm³/mol. The van der Waals surface area contributed by atoms with E-state index in [2.05, 4.69) is 15.3 Å². The van der Waals surface area contributed by atoms with Crippen molar-refractivity contribution in [3.05, 3.63) is 11.8 Å². The van der Waals surface area contributed by atoms with Crippen molar-refractivity contribution < 1.29 is 4.79 Å². The first-order chi connectivity index (χ1) is 6.83. The zero-order valence-corrected chi connectivity index (χ0v) is 8.67. The van der Waals surface area contributed by atoms with Crippen LogP contribution in [0.15, 0.2) is 11.4 Å². The van der Waals surface area contributed by atoms with Gasteiger partial charge in [0.15, 0.2) is 11.4 Å². The summed E-state index contributed by atoms with van der Waals surface area (Å²) in [5, 5.41) is 3.91. The van der Waals surface area contributed by atoms with Gasteiger partial charge in [-0.1, -0.05) is 11.8 Å². The summed E-state index contributed by atoms with van der Waals surface area (Å²) in [7, 11) is 0. The van der Waals surface area contributed by atoms with Crippen molar-refractivity contribution in [2.45, 2.75) is 24.0 Å². The van der Waals surface area contributed by atoms with Gasteiger partial charge in [-0.3, -0.25) is 4.79 Å². The molecule has 1 aliphatic carbocycles. The van der Waals surface area contributed by atoms with E-state index in [1.807, 2.05) is 6.26 Å². The summed E-state index contributed by atoms with van der Waals surface area (Å²) in [6, 6.07) is 0.498. The maximum absolute atomic E-state index is 10.7. The number of thioether (sulfide) groups is 1. The van der Waals surface area contributed by atoms with Gasteiger partial charge in [0.1, 0.15) is 5.82 Å². The van der Waals surface area contributed by atoms with Gasteiger partial charge in [0, 0.05) is 12.2 Å². The molecular weight excluding hydrogens is 198 g/mol. The molecule has 0 amide bonds. The summed E-state index contributed by atoms with van der Waals surface area (Å²) in [6.45, 7) is 0. The fourth-order valence-electron chi connectivity index (χ4n) is 1.10. The van der Waals surface area contributed by atoms with Crippen LogP contribution in [0.25, 0.3) is 0 Å². The number of nitrogens with one attached hydrogen (secondary N) is 1. The summed E-state index contributed by atoms with van der Waals surface area (Å²) in [4.78, 5) is 19.0. The molecule has 0 radical (unpaired) electrons. The molecule has 0 spiro atoms. The Morgan fingerprint density at radius 3 is 3.00 bits per heavy atom. The molecule has 1 N–H and O–H groups in total. The third-order valence-electron chi connectivity index (χ3n) is 2.02. The largest absolute Gasteiger partial charge is 0.367 e. The van der Waals surface area contributed by atoms with Crippen LogP contribution in [0.2, 0.25) is 0 Å². The SMILES string of the molecule is CSc1ncc(C=O)c(NC2CC2)n1. The molecular formula is C9H11N3OS. The smallest absolute Gasteiger partial charge is 0.189 e. The number of anilines is 1. The highest BCUT2D eigenvalue weighted by atomic mass is 32.2. The van der Waals surface area contributed by atoms with Crippen LogP contribution >= 0.6 is 11.8 Å². The van der Waals surface area contributed by atoms with Crippen molar-refractivity contribution in [2.75, 3.05) is 11.6 Å². The lowest BCUT2D eigenvalue weighted by Crippen LogP contribution is -2.07. The highest BCUT2D eigenvalue weighted by Gasteiger charge is 2.22. The quantitative estimate of drug-likeness (QED) is 0.463. The lowest BCUT2D eigenvalue weighted by Gasteiger charge is -2.06. The van der Waals surface area contributed by atoms with E-state index in [1.165, 1.54) is 11.8 Å². The number of nitrogens with zero attached hydrogens (tertiary/aromatic N) is 2. The van der Waals surface area contributed by atoms with E-state index < -0.39 is 0 Å². The van der Waals surface area contributed by atoms with Gasteiger partial charge >= 0.3 is 0 Å². The highest BCUT2D eigenvalue weighted by Crippen LogP contribution is 2.25. The molecule has 1 aromatic rings. The Balaban J connectivity index is 2.26. The van der Waals surface area contributed by atoms with E-state index in [9.17, 15) is 4.79 Å². The monoisotopic (exact) mass is 209 g/mol. The van der Waals surface area contributed by atoms with Gasteiger partial charge in [0.05, 0.1) is 5.56 Å². The zero-order valence-electron chi connectivity index (χ0n) is 7.86. The molecule has 0 bridgehead atoms. The standard InChI is InChI=1S/C9H11N3OS/c1-14-9-10-4-6(5-13)8(12-9)11-7-2-3-7/h4-5,7H,2-3H2,1H3,(H,10,11,12). The summed E-state index contributed by atoms with van der Waals surface area (Å²) in [5.41, 5.74) is 0.537. The van der Waals surface area contributed by atoms with Crippen LogP contribution < -0.4 is 5.32 Å². The van der Waals surface area contributed by atoms with Gasteiger partial charge < -0.3 is 5.32 Å². The molecule has 1 heterocycles. The van der Waals surface area contributed by atoms with Crippen LogP contribution in [0.4, 0.5) is 5.82 Å². The Morgan fingerprint density at radius 1 is 1.64 bits per heavy atom. The van der Waals surface area contributed by atoms with Gasteiger partial charge in [0.25, 0.3) is 0 Å². The van der Waals surface area contributed by atoms with Crippen LogP contribution in [-0.2, 0) is 0 Å². The third-order valence-corrected chi connectivity index (χ3v) is 2.58.